The fourth-order valence-corrected chi connectivity index (χ4v) is 1.78. The summed E-state index contributed by atoms with van der Waals surface area (Å²) in [5, 5.41) is 6.12. The number of aromatic nitrogens is 3. The summed E-state index contributed by atoms with van der Waals surface area (Å²) in [5.74, 6) is 0. The van der Waals surface area contributed by atoms with Crippen molar-refractivity contribution in [2.75, 3.05) is 0 Å². The van der Waals surface area contributed by atoms with E-state index in [0.29, 0.717) is 0 Å². The Hall–Kier alpha value is -1.87. The summed E-state index contributed by atoms with van der Waals surface area (Å²) in [6.45, 7) is 0. The minimum Gasteiger partial charge on any atom is -0.262 e. The molecule has 0 saturated heterocycles. The van der Waals surface area contributed by atoms with Crippen LogP contribution in [0.3, 0.4) is 0 Å². The zero-order chi connectivity index (χ0) is 11.0. The first-order valence-electron chi connectivity index (χ1n) is 4.88. The smallest absolute Gasteiger partial charge is 0.0924 e. The van der Waals surface area contributed by atoms with E-state index < -0.39 is 0 Å². The van der Waals surface area contributed by atoms with Crippen molar-refractivity contribution < 1.29 is 0 Å². The largest absolute Gasteiger partial charge is 0.262 e. The zero-order valence-electron chi connectivity index (χ0n) is 8.34. The highest BCUT2D eigenvalue weighted by molar-refractivity contribution is 6.30. The molecular weight excluding hydrogens is 222 g/mol. The molecule has 0 saturated carbocycles. The van der Waals surface area contributed by atoms with Gasteiger partial charge in [0.25, 0.3) is 0 Å². The number of halogens is 1. The fraction of sp³-hybridized carbons (Fsp3) is 0. The average Bonchev–Trinajstić information content (AvgIpc) is 2.74. The summed E-state index contributed by atoms with van der Waals surface area (Å²) in [7, 11) is 0. The number of hydrogen-bond donors (Lipinski definition) is 0. The molecule has 3 nitrogen and oxygen atoms in total. The van der Waals surface area contributed by atoms with Crippen molar-refractivity contribution in [1.82, 2.24) is 14.8 Å². The quantitative estimate of drug-likeness (QED) is 0.642. The Bertz CT molecular complexity index is 628. The predicted octanol–water partition coefficient (Wildman–Crippen LogP) is 3.07. The lowest BCUT2D eigenvalue weighted by Gasteiger charge is -2.02. The van der Waals surface area contributed by atoms with E-state index in [4.69, 9.17) is 11.6 Å². The second kappa shape index (κ2) is 3.61. The lowest BCUT2D eigenvalue weighted by Crippen LogP contribution is -1.95. The Balaban J connectivity index is 2.22. The van der Waals surface area contributed by atoms with Crippen LogP contribution in [0.2, 0.25) is 5.02 Å². The lowest BCUT2D eigenvalue weighted by molar-refractivity contribution is 0.908. The van der Waals surface area contributed by atoms with Crippen LogP contribution in [0.5, 0.6) is 0 Å². The van der Waals surface area contributed by atoms with Gasteiger partial charge in [0.05, 0.1) is 23.6 Å². The van der Waals surface area contributed by atoms with Gasteiger partial charge in [-0.2, -0.15) is 5.10 Å². The highest BCUT2D eigenvalue weighted by Gasteiger charge is 2.03. The molecule has 3 rings (SSSR count). The lowest BCUT2D eigenvalue weighted by atomic mass is 10.3. The molecule has 2 heterocycles. The third-order valence-electron chi connectivity index (χ3n) is 2.44. The van der Waals surface area contributed by atoms with Crippen molar-refractivity contribution in [3.8, 4) is 5.69 Å². The van der Waals surface area contributed by atoms with E-state index in [1.807, 2.05) is 41.2 Å². The maximum atomic E-state index is 5.85. The van der Waals surface area contributed by atoms with Crippen molar-refractivity contribution in [2.24, 2.45) is 0 Å². The summed E-state index contributed by atoms with van der Waals surface area (Å²) in [5.41, 5.74) is 1.97. The van der Waals surface area contributed by atoms with Gasteiger partial charge in [-0.05, 0) is 30.3 Å². The molecule has 0 bridgehead atoms. The molecule has 0 aliphatic carbocycles. The SMILES string of the molecule is Clc1ccc(-n2ncc3ccncc32)cc1. The summed E-state index contributed by atoms with van der Waals surface area (Å²) in [6.07, 6.45) is 5.39. The first-order valence-corrected chi connectivity index (χ1v) is 5.26. The van der Waals surface area contributed by atoms with E-state index in [2.05, 4.69) is 10.1 Å². The molecule has 16 heavy (non-hydrogen) atoms. The molecule has 0 radical (unpaired) electrons. The topological polar surface area (TPSA) is 30.7 Å². The minimum absolute atomic E-state index is 0.721. The van der Waals surface area contributed by atoms with Crippen LogP contribution in [0.15, 0.2) is 48.9 Å². The maximum Gasteiger partial charge on any atom is 0.0924 e. The van der Waals surface area contributed by atoms with Crippen LogP contribution in [-0.2, 0) is 0 Å². The van der Waals surface area contributed by atoms with Crippen molar-refractivity contribution in [2.45, 2.75) is 0 Å². The third kappa shape index (κ3) is 1.46. The zero-order valence-corrected chi connectivity index (χ0v) is 9.09. The Morgan fingerprint density at radius 3 is 2.62 bits per heavy atom. The van der Waals surface area contributed by atoms with Gasteiger partial charge < -0.3 is 0 Å². The van der Waals surface area contributed by atoms with E-state index in [-0.39, 0.29) is 0 Å². The Morgan fingerprint density at radius 1 is 1.00 bits per heavy atom. The molecular formula is C12H8ClN3. The second-order valence-electron chi connectivity index (χ2n) is 3.47. The maximum absolute atomic E-state index is 5.85. The molecule has 0 spiro atoms. The van der Waals surface area contributed by atoms with Crippen molar-refractivity contribution in [1.29, 1.82) is 0 Å². The Kier molecular flexibility index (Phi) is 2.11. The van der Waals surface area contributed by atoms with E-state index in [1.54, 1.807) is 12.4 Å². The van der Waals surface area contributed by atoms with Crippen LogP contribution in [0, 0.1) is 0 Å². The average molecular weight is 230 g/mol. The van der Waals surface area contributed by atoms with Crippen LogP contribution < -0.4 is 0 Å². The predicted molar refractivity (Wildman–Crippen MR) is 63.9 cm³/mol. The third-order valence-corrected chi connectivity index (χ3v) is 2.70. The molecule has 0 aliphatic heterocycles. The van der Waals surface area contributed by atoms with E-state index in [9.17, 15) is 0 Å². The van der Waals surface area contributed by atoms with Gasteiger partial charge in [0.15, 0.2) is 0 Å². The van der Waals surface area contributed by atoms with Crippen LogP contribution >= 0.6 is 11.6 Å². The number of hydrogen-bond acceptors (Lipinski definition) is 2. The summed E-state index contributed by atoms with van der Waals surface area (Å²) in [4.78, 5) is 4.10. The minimum atomic E-state index is 0.721. The number of benzene rings is 1. The molecule has 3 aromatic rings. The van der Waals surface area contributed by atoms with Crippen molar-refractivity contribution >= 4 is 22.5 Å². The van der Waals surface area contributed by atoms with E-state index >= 15 is 0 Å². The van der Waals surface area contributed by atoms with Gasteiger partial charge in [0.2, 0.25) is 0 Å². The van der Waals surface area contributed by atoms with Crippen LogP contribution in [0.4, 0.5) is 0 Å². The molecule has 0 amide bonds. The molecule has 0 unspecified atom stereocenters. The number of fused-ring (bicyclic) bond motifs is 1. The highest BCUT2D eigenvalue weighted by atomic mass is 35.5. The molecule has 0 aliphatic rings. The molecule has 78 valence electrons. The van der Waals surface area contributed by atoms with Crippen LogP contribution in [0.1, 0.15) is 0 Å². The monoisotopic (exact) mass is 229 g/mol. The summed E-state index contributed by atoms with van der Waals surface area (Å²) >= 11 is 5.85. The fourth-order valence-electron chi connectivity index (χ4n) is 1.65. The number of pyridine rings is 1. The van der Waals surface area contributed by atoms with Crippen LogP contribution in [-0.4, -0.2) is 14.8 Å². The first kappa shape index (κ1) is 9.36. The molecule has 2 aromatic heterocycles. The first-order chi connectivity index (χ1) is 7.84. The van der Waals surface area contributed by atoms with Gasteiger partial charge >= 0.3 is 0 Å². The molecule has 0 atom stereocenters. The Labute approximate surface area is 97.3 Å². The van der Waals surface area contributed by atoms with Gasteiger partial charge in [-0.1, -0.05) is 11.6 Å². The standard InChI is InChI=1S/C12H8ClN3/c13-10-1-3-11(4-2-10)16-12-8-14-6-5-9(12)7-15-16/h1-8H. The Morgan fingerprint density at radius 2 is 1.81 bits per heavy atom. The van der Waals surface area contributed by atoms with Crippen molar-refractivity contribution in [3.63, 3.8) is 0 Å². The van der Waals surface area contributed by atoms with Gasteiger partial charge in [0.1, 0.15) is 0 Å². The van der Waals surface area contributed by atoms with Gasteiger partial charge in [-0.25, -0.2) is 4.68 Å². The summed E-state index contributed by atoms with van der Waals surface area (Å²) in [6, 6.07) is 9.50. The second-order valence-corrected chi connectivity index (χ2v) is 3.90. The normalized spacial score (nSPS) is 10.8. The highest BCUT2D eigenvalue weighted by Crippen LogP contribution is 2.18. The van der Waals surface area contributed by atoms with Gasteiger partial charge in [0, 0.05) is 16.6 Å². The van der Waals surface area contributed by atoms with Gasteiger partial charge in [-0.15, -0.1) is 0 Å². The molecule has 0 N–H and O–H groups in total. The molecule has 1 aromatic carbocycles. The number of nitrogens with zero attached hydrogens (tertiary/aromatic N) is 3. The van der Waals surface area contributed by atoms with Crippen LogP contribution in [0.25, 0.3) is 16.6 Å². The van der Waals surface area contributed by atoms with E-state index in [0.717, 1.165) is 21.6 Å². The van der Waals surface area contributed by atoms with Crippen molar-refractivity contribution in [3.05, 3.63) is 53.9 Å². The van der Waals surface area contributed by atoms with Gasteiger partial charge in [-0.3, -0.25) is 4.98 Å². The number of rotatable bonds is 1. The van der Waals surface area contributed by atoms with E-state index in [1.165, 1.54) is 0 Å². The molecule has 4 heteroatoms. The summed E-state index contributed by atoms with van der Waals surface area (Å²) < 4.78 is 1.85. The molecule has 0 fully saturated rings.